The number of amidine groups is 1. The van der Waals surface area contributed by atoms with Crippen molar-refractivity contribution in [2.75, 3.05) is 14.7 Å². The number of anilines is 6. The van der Waals surface area contributed by atoms with Crippen LogP contribution >= 0.6 is 0 Å². The zero-order chi connectivity index (χ0) is 49.4. The lowest BCUT2D eigenvalue weighted by atomic mass is 9.31. The second kappa shape index (κ2) is 16.6. The molecule has 0 fully saturated rings. The summed E-state index contributed by atoms with van der Waals surface area (Å²) < 4.78 is 0. The molecule has 12 rings (SSSR count). The van der Waals surface area contributed by atoms with Gasteiger partial charge in [0.1, 0.15) is 5.84 Å². The standard InChI is InChI=1S/C66H75BN4/c1-12-14-18-44-23-27-47(28-24-44)69-57-41-55-58(71(46-19-16-15-17-20-46)62(68-55)45-25-21-43(13-2)22-26-45)40-54(57)67-53-38-51-52(66(10,11)34-33-65(51,8)9)39-56(53)70(60-36-42(3)35-59(69)61(60)67)48-29-30-49-50(37-48)64(6,7)32-31-63(49,4)5/h15-17,19-21,23-30,35-39,41,43,58H,12-14,18,22,31-34,40H2,1-11H3. The second-order valence-corrected chi connectivity index (χ2v) is 25.1. The highest BCUT2D eigenvalue weighted by Gasteiger charge is 2.51. The summed E-state index contributed by atoms with van der Waals surface area (Å²) in [5.41, 5.74) is 24.7. The van der Waals surface area contributed by atoms with Crippen molar-refractivity contribution in [2.24, 2.45) is 10.9 Å². The molecule has 5 aromatic carbocycles. The summed E-state index contributed by atoms with van der Waals surface area (Å²) in [6.45, 7) is 26.8. The SMILES string of the molecule is CCCCc1ccc(N2C3=C(CC4C(=C3)N=C(C3=CCC(CC)C=C3)N4c3ccccc3)B3c4cc5c(cc4N(c4ccc6c(c4)C(C)(C)CCC6(C)C)c4cc(C)cc2c43)C(C)(C)CCC5(C)C)cc1. The van der Waals surface area contributed by atoms with Gasteiger partial charge in [-0.1, -0.05) is 142 Å². The largest absolute Gasteiger partial charge is 0.317 e. The molecule has 2 unspecified atom stereocenters. The van der Waals surface area contributed by atoms with Gasteiger partial charge in [0.15, 0.2) is 0 Å². The Morgan fingerprint density at radius 2 is 1.28 bits per heavy atom. The summed E-state index contributed by atoms with van der Waals surface area (Å²) in [7, 11) is 0. The lowest BCUT2D eigenvalue weighted by molar-refractivity contribution is 0.332. The second-order valence-electron chi connectivity index (χ2n) is 25.1. The molecule has 0 bridgehead atoms. The number of rotatable bonds is 8. The summed E-state index contributed by atoms with van der Waals surface area (Å²) in [5.74, 6) is 1.65. The quantitative estimate of drug-likeness (QED) is 0.145. The van der Waals surface area contributed by atoms with Crippen LogP contribution in [0.1, 0.15) is 160 Å². The van der Waals surface area contributed by atoms with Crippen LogP contribution in [-0.4, -0.2) is 18.6 Å². The molecule has 2 atom stereocenters. The van der Waals surface area contributed by atoms with Crippen molar-refractivity contribution >= 4 is 57.6 Å². The molecule has 71 heavy (non-hydrogen) atoms. The van der Waals surface area contributed by atoms with Gasteiger partial charge in [0.25, 0.3) is 0 Å². The Hall–Kier alpha value is -5.81. The van der Waals surface area contributed by atoms with Crippen LogP contribution in [-0.2, 0) is 28.1 Å². The maximum Gasteiger partial charge on any atom is 0.247 e. The molecule has 4 nitrogen and oxygen atoms in total. The van der Waals surface area contributed by atoms with Crippen molar-refractivity contribution in [1.82, 2.24) is 0 Å². The minimum absolute atomic E-state index is 0.0515. The minimum Gasteiger partial charge on any atom is -0.317 e. The Balaban J connectivity index is 1.13. The first-order valence-corrected chi connectivity index (χ1v) is 27.4. The van der Waals surface area contributed by atoms with Gasteiger partial charge in [-0.25, -0.2) is 4.99 Å². The van der Waals surface area contributed by atoms with Gasteiger partial charge in [-0.3, -0.25) is 0 Å². The van der Waals surface area contributed by atoms with Crippen LogP contribution in [0.2, 0.25) is 0 Å². The number of para-hydroxylation sites is 1. The fourth-order valence-electron chi connectivity index (χ4n) is 13.8. The smallest absolute Gasteiger partial charge is 0.247 e. The van der Waals surface area contributed by atoms with E-state index >= 15 is 0 Å². The van der Waals surface area contributed by atoms with Crippen LogP contribution < -0.4 is 25.6 Å². The summed E-state index contributed by atoms with van der Waals surface area (Å²) in [5, 5.41) is 0. The Morgan fingerprint density at radius 3 is 1.93 bits per heavy atom. The van der Waals surface area contributed by atoms with E-state index in [4.69, 9.17) is 4.99 Å². The van der Waals surface area contributed by atoms with Gasteiger partial charge in [-0.15, -0.1) is 0 Å². The fraction of sp³-hybridized carbons (Fsp3) is 0.409. The molecule has 0 N–H and O–H groups in total. The lowest BCUT2D eigenvalue weighted by Crippen LogP contribution is -2.58. The van der Waals surface area contributed by atoms with E-state index in [9.17, 15) is 0 Å². The number of hydrogen-bond donors (Lipinski definition) is 0. The first-order chi connectivity index (χ1) is 34.0. The van der Waals surface area contributed by atoms with Crippen molar-refractivity contribution < 1.29 is 0 Å². The molecule has 3 heterocycles. The first kappa shape index (κ1) is 46.3. The van der Waals surface area contributed by atoms with Gasteiger partial charge in [-0.05, 0) is 197 Å². The predicted molar refractivity (Wildman–Crippen MR) is 304 cm³/mol. The molecule has 0 saturated heterocycles. The van der Waals surface area contributed by atoms with E-state index in [-0.39, 0.29) is 34.4 Å². The van der Waals surface area contributed by atoms with E-state index in [1.54, 1.807) is 0 Å². The molecule has 0 saturated carbocycles. The van der Waals surface area contributed by atoms with Crippen LogP contribution in [0.3, 0.4) is 0 Å². The molecule has 0 amide bonds. The van der Waals surface area contributed by atoms with Gasteiger partial charge in [0.2, 0.25) is 6.71 Å². The van der Waals surface area contributed by atoms with Crippen LogP contribution in [0, 0.1) is 12.8 Å². The average Bonchev–Trinajstić information content (AvgIpc) is 3.74. The van der Waals surface area contributed by atoms with E-state index < -0.39 is 0 Å². The number of unbranched alkanes of at least 4 members (excludes halogenated alkanes) is 1. The van der Waals surface area contributed by atoms with Crippen LogP contribution in [0.15, 0.2) is 149 Å². The van der Waals surface area contributed by atoms with Crippen LogP contribution in [0.5, 0.6) is 0 Å². The fourth-order valence-corrected chi connectivity index (χ4v) is 13.8. The van der Waals surface area contributed by atoms with Crippen molar-refractivity contribution in [3.8, 4) is 0 Å². The van der Waals surface area contributed by atoms with E-state index in [0.717, 1.165) is 37.2 Å². The monoisotopic (exact) mass is 935 g/mol. The first-order valence-electron chi connectivity index (χ1n) is 27.4. The highest BCUT2D eigenvalue weighted by Crippen LogP contribution is 2.54. The molecule has 5 heteroatoms. The minimum atomic E-state index is 0.0515. The summed E-state index contributed by atoms with van der Waals surface area (Å²) >= 11 is 0. The van der Waals surface area contributed by atoms with Gasteiger partial charge < -0.3 is 14.7 Å². The number of aliphatic imine (C=N–C) groups is 1. The predicted octanol–water partition coefficient (Wildman–Crippen LogP) is 15.9. The molecular weight excluding hydrogens is 860 g/mol. The molecule has 0 radical (unpaired) electrons. The normalized spacial score (nSPS) is 22.7. The number of fused-ring (bicyclic) bond motifs is 6. The summed E-state index contributed by atoms with van der Waals surface area (Å²) in [6.07, 6.45) is 21.0. The molecular formula is C66H75BN4. The average molecular weight is 935 g/mol. The summed E-state index contributed by atoms with van der Waals surface area (Å²) in [6, 6.07) is 38.7. The van der Waals surface area contributed by atoms with Gasteiger partial charge in [0, 0.05) is 45.4 Å². The van der Waals surface area contributed by atoms with Gasteiger partial charge in [0.05, 0.1) is 11.7 Å². The molecule has 0 aromatic heterocycles. The Bertz CT molecular complexity index is 3150. The lowest BCUT2D eigenvalue weighted by Gasteiger charge is -2.49. The number of hydrogen-bond acceptors (Lipinski definition) is 4. The van der Waals surface area contributed by atoms with E-state index in [1.807, 2.05) is 0 Å². The molecule has 7 aliphatic rings. The Labute approximate surface area is 426 Å². The maximum atomic E-state index is 5.73. The topological polar surface area (TPSA) is 22.1 Å². The Morgan fingerprint density at radius 1 is 0.648 bits per heavy atom. The molecule has 3 aliphatic heterocycles. The number of aryl methyl sites for hydroxylation is 2. The number of allylic oxidation sites excluding steroid dienone is 3. The molecule has 4 aliphatic carbocycles. The molecule has 5 aromatic rings. The van der Waals surface area contributed by atoms with E-state index in [0.29, 0.717) is 5.92 Å². The van der Waals surface area contributed by atoms with Crippen molar-refractivity contribution in [3.63, 3.8) is 0 Å². The zero-order valence-electron chi connectivity index (χ0n) is 44.6. The highest BCUT2D eigenvalue weighted by atomic mass is 15.3. The van der Waals surface area contributed by atoms with Gasteiger partial charge >= 0.3 is 0 Å². The van der Waals surface area contributed by atoms with E-state index in [2.05, 4.69) is 212 Å². The Kier molecular flexibility index (Phi) is 10.8. The zero-order valence-corrected chi connectivity index (χ0v) is 44.6. The number of benzene rings is 5. The maximum absolute atomic E-state index is 5.73. The number of nitrogens with zero attached hydrogens (tertiary/aromatic N) is 4. The third-order valence-corrected chi connectivity index (χ3v) is 18.4. The van der Waals surface area contributed by atoms with Crippen molar-refractivity contribution in [3.05, 3.63) is 177 Å². The molecule has 0 spiro atoms. The third kappa shape index (κ3) is 7.40. The third-order valence-electron chi connectivity index (χ3n) is 18.4. The van der Waals surface area contributed by atoms with Crippen LogP contribution in [0.25, 0.3) is 0 Å². The highest BCUT2D eigenvalue weighted by molar-refractivity contribution is 6.95. The van der Waals surface area contributed by atoms with Crippen LogP contribution in [0.4, 0.5) is 34.1 Å². The van der Waals surface area contributed by atoms with Crippen molar-refractivity contribution in [1.29, 1.82) is 0 Å². The summed E-state index contributed by atoms with van der Waals surface area (Å²) in [4.78, 5) is 13.7. The van der Waals surface area contributed by atoms with Crippen molar-refractivity contribution in [2.45, 2.75) is 168 Å². The molecule has 362 valence electrons. The van der Waals surface area contributed by atoms with E-state index in [1.165, 1.54) is 134 Å². The van der Waals surface area contributed by atoms with Gasteiger partial charge in [-0.2, -0.15) is 0 Å².